The molecule has 2 unspecified atom stereocenters. The number of hydrogen-bond acceptors (Lipinski definition) is 4. The van der Waals surface area contributed by atoms with Crippen LogP contribution in [0.3, 0.4) is 0 Å². The Balaban J connectivity index is 2.10. The van der Waals surface area contributed by atoms with Crippen LogP contribution in [0.15, 0.2) is 28.7 Å². The average Bonchev–Trinajstić information content (AvgIpc) is 2.84. The van der Waals surface area contributed by atoms with Crippen LogP contribution in [-0.2, 0) is 16.3 Å². The number of benzene rings is 1. The Hall–Kier alpha value is -1.33. The summed E-state index contributed by atoms with van der Waals surface area (Å²) in [4.78, 5) is 0. The van der Waals surface area contributed by atoms with Gasteiger partial charge in [0, 0.05) is 17.4 Å². The summed E-state index contributed by atoms with van der Waals surface area (Å²) in [5.74, 6) is 1.06. The second-order valence-corrected chi connectivity index (χ2v) is 8.06. The normalized spacial score (nSPS) is 23.2. The SMILES string of the molecule is CCc1oc2ccccc2c1C(N)C1CCCCS1(=O)=O. The molecule has 0 saturated carbocycles. The van der Waals surface area contributed by atoms with E-state index in [1.165, 1.54) is 0 Å². The van der Waals surface area contributed by atoms with Gasteiger partial charge in [-0.05, 0) is 18.9 Å². The first kappa shape index (κ1) is 14.6. The van der Waals surface area contributed by atoms with Gasteiger partial charge in [0.2, 0.25) is 0 Å². The smallest absolute Gasteiger partial charge is 0.155 e. The molecule has 114 valence electrons. The summed E-state index contributed by atoms with van der Waals surface area (Å²) in [5.41, 5.74) is 8.06. The fourth-order valence-corrected chi connectivity index (χ4v) is 5.33. The van der Waals surface area contributed by atoms with Crippen molar-refractivity contribution in [1.82, 2.24) is 0 Å². The number of fused-ring (bicyclic) bond motifs is 1. The predicted octanol–water partition coefficient (Wildman–Crippen LogP) is 2.96. The van der Waals surface area contributed by atoms with Crippen LogP contribution < -0.4 is 5.73 Å². The van der Waals surface area contributed by atoms with E-state index in [1.54, 1.807) is 0 Å². The zero-order chi connectivity index (χ0) is 15.0. The van der Waals surface area contributed by atoms with E-state index in [1.807, 2.05) is 31.2 Å². The van der Waals surface area contributed by atoms with Gasteiger partial charge in [0.1, 0.15) is 11.3 Å². The monoisotopic (exact) mass is 307 g/mol. The van der Waals surface area contributed by atoms with Crippen LogP contribution in [0.4, 0.5) is 0 Å². The second-order valence-electron chi connectivity index (χ2n) is 5.72. The third kappa shape index (κ3) is 2.49. The van der Waals surface area contributed by atoms with Crippen LogP contribution in [0.2, 0.25) is 0 Å². The van der Waals surface area contributed by atoms with E-state index < -0.39 is 21.1 Å². The van der Waals surface area contributed by atoms with Gasteiger partial charge in [0.15, 0.2) is 9.84 Å². The molecular formula is C16H21NO3S. The largest absolute Gasteiger partial charge is 0.461 e. The van der Waals surface area contributed by atoms with E-state index in [0.717, 1.165) is 35.1 Å². The molecule has 2 aromatic rings. The van der Waals surface area contributed by atoms with Crippen molar-refractivity contribution in [3.05, 3.63) is 35.6 Å². The molecule has 1 fully saturated rings. The quantitative estimate of drug-likeness (QED) is 0.946. The Labute approximate surface area is 125 Å². The lowest BCUT2D eigenvalue weighted by Crippen LogP contribution is -2.38. The number of nitrogens with two attached hydrogens (primary N) is 1. The van der Waals surface area contributed by atoms with Crippen LogP contribution in [-0.4, -0.2) is 19.4 Å². The summed E-state index contributed by atoms with van der Waals surface area (Å²) < 4.78 is 30.5. The Morgan fingerprint density at radius 1 is 1.33 bits per heavy atom. The lowest BCUT2D eigenvalue weighted by atomic mass is 9.96. The zero-order valence-electron chi connectivity index (χ0n) is 12.2. The highest BCUT2D eigenvalue weighted by Gasteiger charge is 2.36. The van der Waals surface area contributed by atoms with Gasteiger partial charge in [-0.3, -0.25) is 0 Å². The van der Waals surface area contributed by atoms with E-state index >= 15 is 0 Å². The Morgan fingerprint density at radius 3 is 2.81 bits per heavy atom. The standard InChI is InChI=1S/C16H21NO3S/c1-2-12-15(11-7-3-4-8-13(11)20-12)16(17)14-9-5-6-10-21(14,18)19/h3-4,7-8,14,16H,2,5-6,9-10,17H2,1H3. The van der Waals surface area contributed by atoms with Crippen LogP contribution in [0, 0.1) is 0 Å². The first-order valence-corrected chi connectivity index (χ1v) is 9.23. The molecule has 4 nitrogen and oxygen atoms in total. The molecule has 0 radical (unpaired) electrons. The molecular weight excluding hydrogens is 286 g/mol. The molecule has 0 aliphatic carbocycles. The third-order valence-corrected chi connectivity index (χ3v) is 6.70. The van der Waals surface area contributed by atoms with E-state index in [0.29, 0.717) is 12.8 Å². The van der Waals surface area contributed by atoms with Gasteiger partial charge in [0.05, 0.1) is 17.0 Å². The molecule has 1 aromatic heterocycles. The molecule has 1 saturated heterocycles. The van der Waals surface area contributed by atoms with E-state index in [9.17, 15) is 8.42 Å². The van der Waals surface area contributed by atoms with Crippen molar-refractivity contribution in [2.75, 3.05) is 5.75 Å². The van der Waals surface area contributed by atoms with Gasteiger partial charge in [-0.15, -0.1) is 0 Å². The molecule has 21 heavy (non-hydrogen) atoms. The van der Waals surface area contributed by atoms with Crippen molar-refractivity contribution < 1.29 is 12.8 Å². The van der Waals surface area contributed by atoms with Gasteiger partial charge in [0.25, 0.3) is 0 Å². The summed E-state index contributed by atoms with van der Waals surface area (Å²) in [6.45, 7) is 2.00. The number of sulfone groups is 1. The Kier molecular flexibility index (Phi) is 3.80. The molecule has 2 heterocycles. The molecule has 1 aliphatic heterocycles. The van der Waals surface area contributed by atoms with Crippen molar-refractivity contribution >= 4 is 20.8 Å². The summed E-state index contributed by atoms with van der Waals surface area (Å²) in [6, 6.07) is 7.21. The minimum atomic E-state index is -3.11. The van der Waals surface area contributed by atoms with Crippen LogP contribution in [0.25, 0.3) is 11.0 Å². The lowest BCUT2D eigenvalue weighted by Gasteiger charge is -2.27. The number of furan rings is 1. The summed E-state index contributed by atoms with van der Waals surface area (Å²) >= 11 is 0. The Morgan fingerprint density at radius 2 is 2.10 bits per heavy atom. The summed E-state index contributed by atoms with van der Waals surface area (Å²) in [5, 5.41) is 0.458. The predicted molar refractivity (Wildman–Crippen MR) is 83.9 cm³/mol. The maximum absolute atomic E-state index is 12.3. The molecule has 0 amide bonds. The van der Waals surface area contributed by atoms with Crippen LogP contribution in [0.5, 0.6) is 0 Å². The van der Waals surface area contributed by atoms with Gasteiger partial charge in [-0.1, -0.05) is 31.5 Å². The number of hydrogen-bond donors (Lipinski definition) is 1. The molecule has 3 rings (SSSR count). The highest BCUT2D eigenvalue weighted by atomic mass is 32.2. The lowest BCUT2D eigenvalue weighted by molar-refractivity contribution is 0.493. The number of aryl methyl sites for hydroxylation is 1. The highest BCUT2D eigenvalue weighted by molar-refractivity contribution is 7.92. The van der Waals surface area contributed by atoms with Crippen molar-refractivity contribution in [3.8, 4) is 0 Å². The first-order chi connectivity index (χ1) is 10.0. The fourth-order valence-electron chi connectivity index (χ4n) is 3.31. The van der Waals surface area contributed by atoms with Crippen molar-refractivity contribution in [3.63, 3.8) is 0 Å². The molecule has 1 aliphatic rings. The van der Waals surface area contributed by atoms with E-state index in [4.69, 9.17) is 10.2 Å². The zero-order valence-corrected chi connectivity index (χ0v) is 13.0. The van der Waals surface area contributed by atoms with Crippen molar-refractivity contribution in [2.45, 2.75) is 43.9 Å². The second kappa shape index (κ2) is 5.46. The third-order valence-electron chi connectivity index (χ3n) is 4.39. The molecule has 1 aromatic carbocycles. The highest BCUT2D eigenvalue weighted by Crippen LogP contribution is 2.36. The molecule has 0 bridgehead atoms. The Bertz CT molecular complexity index is 748. The van der Waals surface area contributed by atoms with Gasteiger partial charge < -0.3 is 10.2 Å². The molecule has 2 atom stereocenters. The minimum Gasteiger partial charge on any atom is -0.461 e. The van der Waals surface area contributed by atoms with Gasteiger partial charge in [-0.2, -0.15) is 0 Å². The number of rotatable bonds is 3. The fraction of sp³-hybridized carbons (Fsp3) is 0.500. The van der Waals surface area contributed by atoms with E-state index in [-0.39, 0.29) is 5.75 Å². The van der Waals surface area contributed by atoms with E-state index in [2.05, 4.69) is 0 Å². The minimum absolute atomic E-state index is 0.253. The van der Waals surface area contributed by atoms with Crippen LogP contribution in [0.1, 0.15) is 43.6 Å². The topological polar surface area (TPSA) is 73.3 Å². The van der Waals surface area contributed by atoms with Crippen molar-refractivity contribution in [2.24, 2.45) is 5.73 Å². The molecule has 0 spiro atoms. The van der Waals surface area contributed by atoms with Crippen LogP contribution >= 0.6 is 0 Å². The van der Waals surface area contributed by atoms with Gasteiger partial charge in [-0.25, -0.2) is 8.42 Å². The average molecular weight is 307 g/mol. The summed E-state index contributed by atoms with van der Waals surface area (Å²) in [6.07, 6.45) is 3.03. The van der Waals surface area contributed by atoms with Crippen molar-refractivity contribution in [1.29, 1.82) is 0 Å². The first-order valence-electron chi connectivity index (χ1n) is 7.52. The maximum Gasteiger partial charge on any atom is 0.155 e. The maximum atomic E-state index is 12.3. The van der Waals surface area contributed by atoms with Gasteiger partial charge >= 0.3 is 0 Å². The molecule has 2 N–H and O–H groups in total. The summed E-state index contributed by atoms with van der Waals surface area (Å²) in [7, 11) is -3.11. The molecule has 5 heteroatoms. The number of para-hydroxylation sites is 1.